The summed E-state index contributed by atoms with van der Waals surface area (Å²) in [7, 11) is 0. The van der Waals surface area contributed by atoms with E-state index in [1.807, 2.05) is 79.9 Å². The number of amides is 1. The van der Waals surface area contributed by atoms with Gasteiger partial charge in [0, 0.05) is 34.9 Å². The van der Waals surface area contributed by atoms with Crippen molar-refractivity contribution in [2.75, 3.05) is 5.32 Å². The molecular formula is C22H20N4O. The van der Waals surface area contributed by atoms with Crippen LogP contribution in [0, 0.1) is 20.8 Å². The highest BCUT2D eigenvalue weighted by molar-refractivity contribution is 6.05. The quantitative estimate of drug-likeness (QED) is 0.585. The Labute approximate surface area is 157 Å². The first-order chi connectivity index (χ1) is 13.0. The highest BCUT2D eigenvalue weighted by Crippen LogP contribution is 2.26. The standard InChI is InChI=1S/C22H20N4O/c1-14-8-9-15(2)19(12-14)21(27)24-18-7-4-6-17(13-18)20-16(3)26-11-5-10-23-22(26)25-20/h4-13H,1-3H3,(H,24,27). The van der Waals surface area contributed by atoms with Crippen molar-refractivity contribution in [1.82, 2.24) is 14.4 Å². The van der Waals surface area contributed by atoms with Crippen molar-refractivity contribution in [3.8, 4) is 11.3 Å². The fourth-order valence-corrected chi connectivity index (χ4v) is 3.20. The van der Waals surface area contributed by atoms with Crippen LogP contribution in [-0.2, 0) is 0 Å². The van der Waals surface area contributed by atoms with E-state index in [1.54, 1.807) is 6.20 Å². The van der Waals surface area contributed by atoms with Crippen molar-refractivity contribution < 1.29 is 4.79 Å². The summed E-state index contributed by atoms with van der Waals surface area (Å²) in [6, 6.07) is 15.5. The van der Waals surface area contributed by atoms with Crippen molar-refractivity contribution in [3.05, 3.63) is 83.3 Å². The number of hydrogen-bond donors (Lipinski definition) is 1. The van der Waals surface area contributed by atoms with E-state index in [2.05, 4.69) is 15.3 Å². The van der Waals surface area contributed by atoms with Crippen LogP contribution in [0.1, 0.15) is 27.2 Å². The van der Waals surface area contributed by atoms with Crippen molar-refractivity contribution >= 4 is 17.4 Å². The van der Waals surface area contributed by atoms with E-state index < -0.39 is 0 Å². The molecule has 2 heterocycles. The number of nitrogens with one attached hydrogen (secondary N) is 1. The Hall–Kier alpha value is -3.47. The minimum absolute atomic E-state index is 0.109. The van der Waals surface area contributed by atoms with Gasteiger partial charge in [-0.2, -0.15) is 0 Å². The van der Waals surface area contributed by atoms with Crippen LogP contribution in [0.3, 0.4) is 0 Å². The normalized spacial score (nSPS) is 10.9. The molecule has 0 fully saturated rings. The lowest BCUT2D eigenvalue weighted by atomic mass is 10.0. The number of anilines is 1. The van der Waals surface area contributed by atoms with E-state index in [9.17, 15) is 4.79 Å². The fraction of sp³-hybridized carbons (Fsp3) is 0.136. The fourth-order valence-electron chi connectivity index (χ4n) is 3.20. The summed E-state index contributed by atoms with van der Waals surface area (Å²) < 4.78 is 1.96. The summed E-state index contributed by atoms with van der Waals surface area (Å²) >= 11 is 0. The molecule has 2 aromatic heterocycles. The minimum atomic E-state index is -0.109. The van der Waals surface area contributed by atoms with Gasteiger partial charge in [-0.25, -0.2) is 9.97 Å². The topological polar surface area (TPSA) is 59.3 Å². The summed E-state index contributed by atoms with van der Waals surface area (Å²) in [5, 5.41) is 3.00. The molecule has 0 aliphatic carbocycles. The zero-order valence-electron chi connectivity index (χ0n) is 15.5. The molecule has 5 nitrogen and oxygen atoms in total. The number of fused-ring (bicyclic) bond motifs is 1. The lowest BCUT2D eigenvalue weighted by molar-refractivity contribution is 0.102. The number of rotatable bonds is 3. The van der Waals surface area contributed by atoms with Gasteiger partial charge in [0.15, 0.2) is 0 Å². The third kappa shape index (κ3) is 3.19. The molecule has 5 heteroatoms. The van der Waals surface area contributed by atoms with Crippen molar-refractivity contribution in [2.24, 2.45) is 0 Å². The maximum Gasteiger partial charge on any atom is 0.255 e. The third-order valence-electron chi connectivity index (χ3n) is 4.67. The zero-order valence-corrected chi connectivity index (χ0v) is 15.5. The smallest absolute Gasteiger partial charge is 0.255 e. The predicted molar refractivity (Wildman–Crippen MR) is 107 cm³/mol. The third-order valence-corrected chi connectivity index (χ3v) is 4.67. The van der Waals surface area contributed by atoms with Crippen LogP contribution in [-0.4, -0.2) is 20.3 Å². The van der Waals surface area contributed by atoms with Crippen LogP contribution in [0.5, 0.6) is 0 Å². The SMILES string of the molecule is Cc1ccc(C)c(C(=O)Nc2cccc(-c3nc4ncccn4c3C)c2)c1. The number of benzene rings is 2. The summed E-state index contributed by atoms with van der Waals surface area (Å²) in [5.41, 5.74) is 6.25. The van der Waals surface area contributed by atoms with Gasteiger partial charge in [0.2, 0.25) is 5.78 Å². The van der Waals surface area contributed by atoms with Gasteiger partial charge >= 0.3 is 0 Å². The van der Waals surface area contributed by atoms with Gasteiger partial charge in [0.25, 0.3) is 5.91 Å². The average Bonchev–Trinajstić information content (AvgIpc) is 3.01. The predicted octanol–water partition coefficient (Wildman–Crippen LogP) is 4.57. The maximum absolute atomic E-state index is 12.7. The van der Waals surface area contributed by atoms with Gasteiger partial charge in [-0.3, -0.25) is 9.20 Å². The van der Waals surface area contributed by atoms with Crippen LogP contribution < -0.4 is 5.32 Å². The first-order valence-corrected chi connectivity index (χ1v) is 8.81. The molecule has 0 unspecified atom stereocenters. The van der Waals surface area contributed by atoms with Crippen molar-refractivity contribution in [1.29, 1.82) is 0 Å². The number of hydrogen-bond acceptors (Lipinski definition) is 3. The van der Waals surface area contributed by atoms with Gasteiger partial charge in [0.1, 0.15) is 0 Å². The molecule has 0 radical (unpaired) electrons. The molecule has 1 amide bonds. The Morgan fingerprint density at radius 1 is 1.04 bits per heavy atom. The molecular weight excluding hydrogens is 336 g/mol. The Morgan fingerprint density at radius 3 is 2.70 bits per heavy atom. The van der Waals surface area contributed by atoms with Gasteiger partial charge in [-0.15, -0.1) is 0 Å². The van der Waals surface area contributed by atoms with Gasteiger partial charge in [0.05, 0.1) is 5.69 Å². The Bertz CT molecular complexity index is 1160. The van der Waals surface area contributed by atoms with Crippen LogP contribution in [0.25, 0.3) is 17.0 Å². The summed E-state index contributed by atoms with van der Waals surface area (Å²) in [4.78, 5) is 21.6. The number of nitrogens with zero attached hydrogens (tertiary/aromatic N) is 3. The van der Waals surface area contributed by atoms with Crippen LogP contribution in [0.2, 0.25) is 0 Å². The van der Waals surface area contributed by atoms with E-state index in [1.165, 1.54) is 0 Å². The molecule has 1 N–H and O–H groups in total. The van der Waals surface area contributed by atoms with Crippen LogP contribution in [0.4, 0.5) is 5.69 Å². The van der Waals surface area contributed by atoms with Gasteiger partial charge in [-0.1, -0.05) is 29.8 Å². The largest absolute Gasteiger partial charge is 0.322 e. The van der Waals surface area contributed by atoms with Crippen molar-refractivity contribution in [2.45, 2.75) is 20.8 Å². The second kappa shape index (κ2) is 6.68. The van der Waals surface area contributed by atoms with E-state index >= 15 is 0 Å². The molecule has 0 bridgehead atoms. The first-order valence-electron chi connectivity index (χ1n) is 8.81. The number of aromatic nitrogens is 3. The summed E-state index contributed by atoms with van der Waals surface area (Å²) in [5.74, 6) is 0.552. The molecule has 0 spiro atoms. The second-order valence-electron chi connectivity index (χ2n) is 6.69. The highest BCUT2D eigenvalue weighted by atomic mass is 16.1. The highest BCUT2D eigenvalue weighted by Gasteiger charge is 2.13. The lowest BCUT2D eigenvalue weighted by Gasteiger charge is -2.10. The molecule has 0 saturated heterocycles. The molecule has 0 atom stereocenters. The van der Waals surface area contributed by atoms with Crippen LogP contribution >= 0.6 is 0 Å². The monoisotopic (exact) mass is 356 g/mol. The Morgan fingerprint density at radius 2 is 1.89 bits per heavy atom. The number of imidazole rings is 1. The van der Waals surface area contributed by atoms with Gasteiger partial charge in [-0.05, 0) is 50.6 Å². The molecule has 2 aromatic carbocycles. The molecule has 0 aliphatic rings. The van der Waals surface area contributed by atoms with E-state index in [0.29, 0.717) is 11.3 Å². The average molecular weight is 356 g/mol. The summed E-state index contributed by atoms with van der Waals surface area (Å²) in [6.45, 7) is 5.94. The maximum atomic E-state index is 12.7. The Balaban J connectivity index is 1.67. The van der Waals surface area contributed by atoms with E-state index in [-0.39, 0.29) is 5.91 Å². The molecule has 0 saturated carbocycles. The van der Waals surface area contributed by atoms with Crippen molar-refractivity contribution in [3.63, 3.8) is 0 Å². The molecule has 4 aromatic rings. The first kappa shape index (κ1) is 17.0. The summed E-state index contributed by atoms with van der Waals surface area (Å²) in [6.07, 6.45) is 3.67. The molecule has 0 aliphatic heterocycles. The van der Waals surface area contributed by atoms with Gasteiger partial charge < -0.3 is 5.32 Å². The van der Waals surface area contributed by atoms with E-state index in [4.69, 9.17) is 0 Å². The lowest BCUT2D eigenvalue weighted by Crippen LogP contribution is -2.13. The van der Waals surface area contributed by atoms with Crippen LogP contribution in [0.15, 0.2) is 60.9 Å². The number of aryl methyl sites for hydroxylation is 3. The molecule has 134 valence electrons. The second-order valence-corrected chi connectivity index (χ2v) is 6.69. The zero-order chi connectivity index (χ0) is 19.0. The minimum Gasteiger partial charge on any atom is -0.322 e. The Kier molecular flexibility index (Phi) is 4.20. The van der Waals surface area contributed by atoms with E-state index in [0.717, 1.165) is 33.8 Å². The number of carbonyl (C=O) groups is 1. The molecule has 4 rings (SSSR count). The number of carbonyl (C=O) groups excluding carboxylic acids is 1. The molecule has 27 heavy (non-hydrogen) atoms.